The van der Waals surface area contributed by atoms with Gasteiger partial charge >= 0.3 is 0 Å². The van der Waals surface area contributed by atoms with Crippen LogP contribution < -0.4 is 0 Å². The molecule has 0 amide bonds. The summed E-state index contributed by atoms with van der Waals surface area (Å²) in [4.78, 5) is 11.6. The molecular formula is C12H20N2O2. The minimum Gasteiger partial charge on any atom is -0.381 e. The zero-order valence-electron chi connectivity index (χ0n) is 10.4. The Hall–Kier alpha value is -1.16. The lowest BCUT2D eigenvalue weighted by molar-refractivity contribution is -0.120. The molecule has 0 aromatic carbocycles. The van der Waals surface area contributed by atoms with Gasteiger partial charge in [0.25, 0.3) is 0 Å². The first-order valence-electron chi connectivity index (χ1n) is 5.61. The molecule has 1 atom stereocenters. The number of hydrogen-bond acceptors (Lipinski definition) is 3. The van der Waals surface area contributed by atoms with Crippen molar-refractivity contribution in [3.63, 3.8) is 0 Å². The van der Waals surface area contributed by atoms with Gasteiger partial charge in [-0.1, -0.05) is 0 Å². The summed E-state index contributed by atoms with van der Waals surface area (Å²) >= 11 is 0. The van der Waals surface area contributed by atoms with E-state index in [1.54, 1.807) is 7.11 Å². The van der Waals surface area contributed by atoms with Crippen LogP contribution in [0, 0.1) is 0 Å². The first-order valence-corrected chi connectivity index (χ1v) is 5.61. The lowest BCUT2D eigenvalue weighted by atomic mass is 10.1. The van der Waals surface area contributed by atoms with Gasteiger partial charge in [0, 0.05) is 25.8 Å². The molecule has 0 radical (unpaired) electrons. The molecule has 0 aliphatic heterocycles. The third kappa shape index (κ3) is 3.77. The number of ether oxygens (including phenoxy) is 1. The van der Waals surface area contributed by atoms with Gasteiger partial charge < -0.3 is 4.74 Å². The number of aromatic nitrogens is 2. The predicted octanol–water partition coefficient (Wildman–Crippen LogP) is 2.00. The van der Waals surface area contributed by atoms with E-state index >= 15 is 0 Å². The zero-order valence-corrected chi connectivity index (χ0v) is 10.4. The van der Waals surface area contributed by atoms with Gasteiger partial charge in [0.15, 0.2) is 0 Å². The van der Waals surface area contributed by atoms with Crippen LogP contribution in [0.3, 0.4) is 0 Å². The Morgan fingerprint density at radius 1 is 1.50 bits per heavy atom. The van der Waals surface area contributed by atoms with Crippen molar-refractivity contribution in [2.45, 2.75) is 45.8 Å². The lowest BCUT2D eigenvalue weighted by Crippen LogP contribution is -2.14. The summed E-state index contributed by atoms with van der Waals surface area (Å²) in [7, 11) is 1.62. The molecule has 1 heterocycles. The van der Waals surface area contributed by atoms with E-state index in [9.17, 15) is 4.79 Å². The number of rotatable bonds is 6. The van der Waals surface area contributed by atoms with Crippen molar-refractivity contribution in [2.24, 2.45) is 0 Å². The van der Waals surface area contributed by atoms with Gasteiger partial charge in [-0.2, -0.15) is 5.10 Å². The number of hydrogen-bond donors (Lipinski definition) is 0. The van der Waals surface area contributed by atoms with Crippen molar-refractivity contribution in [3.8, 4) is 0 Å². The molecule has 4 heteroatoms. The maximum atomic E-state index is 11.6. The first kappa shape index (κ1) is 12.9. The summed E-state index contributed by atoms with van der Waals surface area (Å²) in [5.41, 5.74) is 0.835. The minimum absolute atomic E-state index is 0.0142. The molecule has 1 aromatic rings. The Balaban J connectivity index is 2.50. The fourth-order valence-electron chi connectivity index (χ4n) is 1.44. The predicted molar refractivity (Wildman–Crippen MR) is 62.4 cm³/mol. The fraction of sp³-hybridized carbons (Fsp3) is 0.667. The lowest BCUT2D eigenvalue weighted by Gasteiger charge is -2.07. The quantitative estimate of drug-likeness (QED) is 0.742. The van der Waals surface area contributed by atoms with E-state index in [1.165, 1.54) is 0 Å². The standard InChI is InChI=1S/C12H20N2O2/c1-9(2)14-6-5-11(13-14)8-12(15)7-10(3)16-4/h5-6,9-10H,7-8H2,1-4H3. The van der Waals surface area contributed by atoms with Crippen molar-refractivity contribution in [1.82, 2.24) is 9.78 Å². The topological polar surface area (TPSA) is 44.1 Å². The Labute approximate surface area is 96.6 Å². The molecule has 16 heavy (non-hydrogen) atoms. The molecule has 0 N–H and O–H groups in total. The average molecular weight is 224 g/mol. The first-order chi connectivity index (χ1) is 7.52. The van der Waals surface area contributed by atoms with E-state index in [-0.39, 0.29) is 11.9 Å². The van der Waals surface area contributed by atoms with Gasteiger partial charge in [-0.05, 0) is 26.8 Å². The van der Waals surface area contributed by atoms with Gasteiger partial charge in [-0.25, -0.2) is 0 Å². The summed E-state index contributed by atoms with van der Waals surface area (Å²) in [6.07, 6.45) is 2.74. The normalized spacial score (nSPS) is 13.1. The molecule has 0 spiro atoms. The van der Waals surface area contributed by atoms with Crippen LogP contribution in [0.1, 0.15) is 38.9 Å². The summed E-state index contributed by atoms with van der Waals surface area (Å²) < 4.78 is 6.92. The van der Waals surface area contributed by atoms with Crippen LogP contribution in [-0.2, 0) is 16.0 Å². The van der Waals surface area contributed by atoms with Crippen molar-refractivity contribution >= 4 is 5.78 Å². The minimum atomic E-state index is -0.0142. The molecule has 1 unspecified atom stereocenters. The molecule has 0 aliphatic carbocycles. The number of nitrogens with zero attached hydrogens (tertiary/aromatic N) is 2. The highest BCUT2D eigenvalue weighted by atomic mass is 16.5. The van der Waals surface area contributed by atoms with Crippen LogP contribution in [0.2, 0.25) is 0 Å². The molecule has 0 bridgehead atoms. The third-order valence-corrected chi connectivity index (χ3v) is 2.49. The molecule has 90 valence electrons. The van der Waals surface area contributed by atoms with E-state index in [2.05, 4.69) is 18.9 Å². The van der Waals surface area contributed by atoms with Crippen LogP contribution in [0.4, 0.5) is 0 Å². The molecule has 1 aromatic heterocycles. The van der Waals surface area contributed by atoms with Crippen LogP contribution >= 0.6 is 0 Å². The number of methoxy groups -OCH3 is 1. The molecular weight excluding hydrogens is 204 g/mol. The van der Waals surface area contributed by atoms with Crippen molar-refractivity contribution in [1.29, 1.82) is 0 Å². The van der Waals surface area contributed by atoms with Gasteiger partial charge in [0.1, 0.15) is 5.78 Å². The van der Waals surface area contributed by atoms with Crippen LogP contribution in [0.15, 0.2) is 12.3 Å². The maximum Gasteiger partial charge on any atom is 0.141 e. The highest BCUT2D eigenvalue weighted by molar-refractivity contribution is 5.80. The summed E-state index contributed by atoms with van der Waals surface area (Å²) in [5.74, 6) is 0.170. The number of carbonyl (C=O) groups excluding carboxylic acids is 1. The smallest absolute Gasteiger partial charge is 0.141 e. The van der Waals surface area contributed by atoms with Gasteiger partial charge in [0.2, 0.25) is 0 Å². The maximum absolute atomic E-state index is 11.6. The van der Waals surface area contributed by atoms with Crippen molar-refractivity contribution < 1.29 is 9.53 Å². The Morgan fingerprint density at radius 3 is 2.69 bits per heavy atom. The second-order valence-electron chi connectivity index (χ2n) is 4.35. The Kier molecular flexibility index (Phi) is 4.68. The highest BCUT2D eigenvalue weighted by Gasteiger charge is 2.11. The SMILES string of the molecule is COC(C)CC(=O)Cc1ccn(C(C)C)n1. The van der Waals surface area contributed by atoms with E-state index in [1.807, 2.05) is 23.9 Å². The van der Waals surface area contributed by atoms with E-state index in [0.29, 0.717) is 18.9 Å². The molecule has 4 nitrogen and oxygen atoms in total. The monoisotopic (exact) mass is 224 g/mol. The second-order valence-corrected chi connectivity index (χ2v) is 4.35. The van der Waals surface area contributed by atoms with Gasteiger partial charge in [0.05, 0.1) is 18.2 Å². The summed E-state index contributed by atoms with van der Waals surface area (Å²) in [6, 6.07) is 2.23. The van der Waals surface area contributed by atoms with Crippen molar-refractivity contribution in [3.05, 3.63) is 18.0 Å². The molecule has 1 rings (SSSR count). The van der Waals surface area contributed by atoms with Gasteiger partial charge in [-0.15, -0.1) is 0 Å². The van der Waals surface area contributed by atoms with E-state index in [4.69, 9.17) is 4.74 Å². The molecule has 0 saturated heterocycles. The van der Waals surface area contributed by atoms with Gasteiger partial charge in [-0.3, -0.25) is 9.48 Å². The van der Waals surface area contributed by atoms with E-state index < -0.39 is 0 Å². The molecule has 0 fully saturated rings. The Bertz CT molecular complexity index is 345. The number of Topliss-reactive ketones (excluding diaryl/α,β-unsaturated/α-hetero) is 1. The highest BCUT2D eigenvalue weighted by Crippen LogP contribution is 2.07. The van der Waals surface area contributed by atoms with Crippen LogP contribution in [-0.4, -0.2) is 28.8 Å². The fourth-order valence-corrected chi connectivity index (χ4v) is 1.44. The Morgan fingerprint density at radius 2 is 2.19 bits per heavy atom. The van der Waals surface area contributed by atoms with Crippen LogP contribution in [0.5, 0.6) is 0 Å². The molecule has 0 saturated carbocycles. The largest absolute Gasteiger partial charge is 0.381 e. The number of carbonyl (C=O) groups is 1. The van der Waals surface area contributed by atoms with E-state index in [0.717, 1.165) is 5.69 Å². The third-order valence-electron chi connectivity index (χ3n) is 2.49. The number of ketones is 1. The average Bonchev–Trinajstić information content (AvgIpc) is 2.65. The summed E-state index contributed by atoms with van der Waals surface area (Å²) in [5, 5.41) is 4.34. The molecule has 0 aliphatic rings. The van der Waals surface area contributed by atoms with Crippen LogP contribution in [0.25, 0.3) is 0 Å². The second kappa shape index (κ2) is 5.80. The van der Waals surface area contributed by atoms with Crippen molar-refractivity contribution in [2.75, 3.05) is 7.11 Å². The summed E-state index contributed by atoms with van der Waals surface area (Å²) in [6.45, 7) is 6.02. The zero-order chi connectivity index (χ0) is 12.1.